The lowest BCUT2D eigenvalue weighted by molar-refractivity contribution is -0.232. The maximum atomic E-state index is 6.04. The Labute approximate surface area is 183 Å². The van der Waals surface area contributed by atoms with Crippen LogP contribution in [-0.2, 0) is 19.6 Å². The minimum absolute atomic E-state index is 0.0158. The predicted molar refractivity (Wildman–Crippen MR) is 122 cm³/mol. The zero-order valence-corrected chi connectivity index (χ0v) is 19.0. The highest BCUT2D eigenvalue weighted by Gasteiger charge is 2.48. The Bertz CT molecular complexity index is 660. The second kappa shape index (κ2) is 9.97. The van der Waals surface area contributed by atoms with Gasteiger partial charge in [-0.2, -0.15) is 0 Å². The van der Waals surface area contributed by atoms with Gasteiger partial charge in [-0.1, -0.05) is 62.6 Å². The molecular weight excluding hydrogens is 372 g/mol. The van der Waals surface area contributed by atoms with Crippen molar-refractivity contribution in [2.75, 3.05) is 19.8 Å². The molecule has 1 heterocycles. The molecule has 2 atom stereocenters. The Hall–Kier alpha value is -1.16. The highest BCUT2D eigenvalue weighted by Crippen LogP contribution is 2.59. The first-order chi connectivity index (χ1) is 14.7. The number of hydrogen-bond donors (Lipinski definition) is 0. The Morgan fingerprint density at radius 3 is 2.30 bits per heavy atom. The van der Waals surface area contributed by atoms with E-state index in [9.17, 15) is 0 Å². The molecule has 1 aromatic carbocycles. The second-order valence-corrected chi connectivity index (χ2v) is 9.85. The van der Waals surface area contributed by atoms with E-state index in [1.165, 1.54) is 69.8 Å². The summed E-state index contributed by atoms with van der Waals surface area (Å²) in [6, 6.07) is 9.30. The summed E-state index contributed by atoms with van der Waals surface area (Å²) >= 11 is 0. The number of fused-ring (bicyclic) bond motifs is 3. The largest absolute Gasteiger partial charge is 0.366 e. The number of allylic oxidation sites excluding steroid dienone is 1. The molecule has 30 heavy (non-hydrogen) atoms. The van der Waals surface area contributed by atoms with Gasteiger partial charge < -0.3 is 14.2 Å². The summed E-state index contributed by atoms with van der Waals surface area (Å²) in [7, 11) is 0. The van der Waals surface area contributed by atoms with Crippen LogP contribution < -0.4 is 0 Å². The summed E-state index contributed by atoms with van der Waals surface area (Å²) in [5.41, 5.74) is 3.89. The molecule has 3 heteroatoms. The zero-order chi connectivity index (χ0) is 20.9. The molecule has 1 aliphatic heterocycles. The van der Waals surface area contributed by atoms with Gasteiger partial charge in [0.15, 0.2) is 6.29 Å². The summed E-state index contributed by atoms with van der Waals surface area (Å²) < 4.78 is 17.5. The Kier molecular flexibility index (Phi) is 7.33. The van der Waals surface area contributed by atoms with Gasteiger partial charge in [0.1, 0.15) is 6.10 Å². The molecule has 0 N–H and O–H groups in total. The van der Waals surface area contributed by atoms with Crippen molar-refractivity contribution in [1.29, 1.82) is 0 Å². The van der Waals surface area contributed by atoms with E-state index < -0.39 is 0 Å². The van der Waals surface area contributed by atoms with E-state index >= 15 is 0 Å². The first kappa shape index (κ1) is 22.0. The SMILES string of the molecule is CC=CCO[C@@H]1CO[C@@H](c2ccc(C34CCC(CCCCC)(CC3)CC4)cc2)CO1. The first-order valence-electron chi connectivity index (χ1n) is 12.3. The average molecular weight is 413 g/mol. The molecule has 166 valence electrons. The van der Waals surface area contributed by atoms with Crippen LogP contribution in [0.3, 0.4) is 0 Å². The molecule has 3 nitrogen and oxygen atoms in total. The van der Waals surface area contributed by atoms with Crippen LogP contribution >= 0.6 is 0 Å². The second-order valence-electron chi connectivity index (χ2n) is 9.85. The van der Waals surface area contributed by atoms with Crippen LogP contribution in [0, 0.1) is 5.41 Å². The van der Waals surface area contributed by atoms with Crippen molar-refractivity contribution >= 4 is 0 Å². The minimum atomic E-state index is -0.252. The van der Waals surface area contributed by atoms with E-state index in [0.29, 0.717) is 30.7 Å². The summed E-state index contributed by atoms with van der Waals surface area (Å²) in [4.78, 5) is 0. The van der Waals surface area contributed by atoms with Gasteiger partial charge in [0.25, 0.3) is 0 Å². The monoisotopic (exact) mass is 412 g/mol. The smallest absolute Gasteiger partial charge is 0.181 e. The molecule has 3 saturated carbocycles. The fourth-order valence-corrected chi connectivity index (χ4v) is 5.91. The van der Waals surface area contributed by atoms with E-state index in [1.54, 1.807) is 5.56 Å². The molecule has 2 bridgehead atoms. The predicted octanol–water partition coefficient (Wildman–Crippen LogP) is 6.87. The zero-order valence-electron chi connectivity index (χ0n) is 19.0. The third kappa shape index (κ3) is 4.84. The van der Waals surface area contributed by atoms with Crippen molar-refractivity contribution in [3.05, 3.63) is 47.5 Å². The summed E-state index contributed by atoms with van der Waals surface area (Å²) in [5, 5.41) is 0. The number of hydrogen-bond acceptors (Lipinski definition) is 3. The lowest BCUT2D eigenvalue weighted by atomic mass is 9.51. The molecule has 5 rings (SSSR count). The molecular formula is C27H40O3. The van der Waals surface area contributed by atoms with Crippen LogP contribution in [0.25, 0.3) is 0 Å². The van der Waals surface area contributed by atoms with Gasteiger partial charge in [-0.25, -0.2) is 0 Å². The van der Waals surface area contributed by atoms with E-state index in [1.807, 2.05) is 19.1 Å². The van der Waals surface area contributed by atoms with Crippen LogP contribution in [0.2, 0.25) is 0 Å². The number of rotatable bonds is 9. The normalized spacial score (nSPS) is 33.9. The molecule has 0 spiro atoms. The molecule has 0 radical (unpaired) electrons. The average Bonchev–Trinajstić information content (AvgIpc) is 2.81. The molecule has 0 unspecified atom stereocenters. The van der Waals surface area contributed by atoms with Crippen molar-refractivity contribution in [2.24, 2.45) is 5.41 Å². The lowest BCUT2D eigenvalue weighted by Crippen LogP contribution is -2.44. The number of benzene rings is 1. The summed E-state index contributed by atoms with van der Waals surface area (Å²) in [6.45, 7) is 5.94. The van der Waals surface area contributed by atoms with Crippen LogP contribution in [-0.4, -0.2) is 26.1 Å². The van der Waals surface area contributed by atoms with Gasteiger partial charge in [-0.3, -0.25) is 0 Å². The highest BCUT2D eigenvalue weighted by molar-refractivity contribution is 5.32. The molecule has 1 saturated heterocycles. The Balaban J connectivity index is 1.31. The van der Waals surface area contributed by atoms with Gasteiger partial charge >= 0.3 is 0 Å². The van der Waals surface area contributed by atoms with Gasteiger partial charge in [0, 0.05) is 0 Å². The van der Waals surface area contributed by atoms with Crippen molar-refractivity contribution in [3.8, 4) is 0 Å². The fraction of sp³-hybridized carbons (Fsp3) is 0.704. The van der Waals surface area contributed by atoms with Gasteiger partial charge in [-0.05, 0) is 73.8 Å². The van der Waals surface area contributed by atoms with Crippen LogP contribution in [0.1, 0.15) is 95.3 Å². The van der Waals surface area contributed by atoms with E-state index in [0.717, 1.165) is 0 Å². The first-order valence-corrected chi connectivity index (χ1v) is 12.3. The quantitative estimate of drug-likeness (QED) is 0.327. The van der Waals surface area contributed by atoms with Crippen molar-refractivity contribution in [3.63, 3.8) is 0 Å². The van der Waals surface area contributed by atoms with Gasteiger partial charge in [0.05, 0.1) is 19.8 Å². The van der Waals surface area contributed by atoms with Crippen molar-refractivity contribution < 1.29 is 14.2 Å². The maximum absolute atomic E-state index is 6.04. The summed E-state index contributed by atoms with van der Waals surface area (Å²) in [6.07, 6.45) is 17.8. The molecule has 3 aliphatic carbocycles. The molecule has 0 amide bonds. The highest BCUT2D eigenvalue weighted by atomic mass is 16.7. The third-order valence-corrected chi connectivity index (χ3v) is 8.09. The fourth-order valence-electron chi connectivity index (χ4n) is 5.91. The van der Waals surface area contributed by atoms with Crippen LogP contribution in [0.4, 0.5) is 0 Å². The minimum Gasteiger partial charge on any atom is -0.366 e. The molecule has 4 fully saturated rings. The molecule has 0 aromatic heterocycles. The molecule has 1 aromatic rings. The Morgan fingerprint density at radius 1 is 0.967 bits per heavy atom. The standard InChI is InChI=1S/C27H40O3/c1-3-5-7-12-26-13-16-27(17-14-26,18-15-26)23-10-8-22(9-11-23)24-20-30-25(21-29-24)28-19-6-4-2/h4,6,8-11,24-25H,3,5,7,12-21H2,1-2H3/t24-,25+,26?,27?/m1/s1. The number of unbranched alkanes of at least 4 members (excludes halogenated alkanes) is 2. The van der Waals surface area contributed by atoms with Crippen molar-refractivity contribution in [2.45, 2.75) is 95.9 Å². The van der Waals surface area contributed by atoms with Gasteiger partial charge in [-0.15, -0.1) is 0 Å². The summed E-state index contributed by atoms with van der Waals surface area (Å²) in [5.74, 6) is 0. The maximum Gasteiger partial charge on any atom is 0.181 e. The van der Waals surface area contributed by atoms with Gasteiger partial charge in [0.2, 0.25) is 0 Å². The van der Waals surface area contributed by atoms with Crippen LogP contribution in [0.5, 0.6) is 0 Å². The van der Waals surface area contributed by atoms with E-state index in [4.69, 9.17) is 14.2 Å². The van der Waals surface area contributed by atoms with Crippen LogP contribution in [0.15, 0.2) is 36.4 Å². The van der Waals surface area contributed by atoms with E-state index in [2.05, 4.69) is 31.2 Å². The third-order valence-electron chi connectivity index (χ3n) is 8.09. The topological polar surface area (TPSA) is 27.7 Å². The Morgan fingerprint density at radius 2 is 1.70 bits per heavy atom. The lowest BCUT2D eigenvalue weighted by Gasteiger charge is -2.54. The number of ether oxygens (including phenoxy) is 3. The van der Waals surface area contributed by atoms with E-state index in [-0.39, 0.29) is 12.4 Å². The van der Waals surface area contributed by atoms with Crippen molar-refractivity contribution in [1.82, 2.24) is 0 Å². The molecule has 4 aliphatic rings.